The number of rotatable bonds is 4. The van der Waals surface area contributed by atoms with Crippen LogP contribution in [0.1, 0.15) is 41.8 Å². The van der Waals surface area contributed by atoms with E-state index >= 15 is 0 Å². The zero-order valence-corrected chi connectivity index (χ0v) is 19.2. The molecule has 34 heavy (non-hydrogen) atoms. The summed E-state index contributed by atoms with van der Waals surface area (Å²) in [6.07, 6.45) is -4.50. The average Bonchev–Trinajstić information content (AvgIpc) is 2.76. The number of cyclic esters (lactones) is 1. The van der Waals surface area contributed by atoms with Gasteiger partial charge in [-0.1, -0.05) is 24.3 Å². The molecule has 1 N–H and O–H groups in total. The first-order valence-corrected chi connectivity index (χ1v) is 10.8. The molecule has 0 fully saturated rings. The summed E-state index contributed by atoms with van der Waals surface area (Å²) in [5.41, 5.74) is -0.109. The van der Waals surface area contributed by atoms with Crippen LogP contribution in [-0.2, 0) is 17.3 Å². The lowest BCUT2D eigenvalue weighted by atomic mass is 10.1. The number of hydrogen-bond donors (Lipinski definition) is 1. The standard InChI is InChI=1S/C24H27F3N2O5/c1-23(2)33-19-10-5-9-18(32-3)20(19)21(30)28-12-6-13-29(22(31)34-23)14-11-16-7-4-8-17(15-16)24(25,26)27/h4-5,7-10,15H,6,11-14H2,1-3H3,(H,28,30). The van der Waals surface area contributed by atoms with Crippen molar-refractivity contribution in [3.63, 3.8) is 0 Å². The zero-order valence-electron chi connectivity index (χ0n) is 19.2. The second-order valence-electron chi connectivity index (χ2n) is 8.25. The van der Waals surface area contributed by atoms with E-state index in [2.05, 4.69) is 5.32 Å². The van der Waals surface area contributed by atoms with Crippen LogP contribution in [0.5, 0.6) is 11.5 Å². The van der Waals surface area contributed by atoms with Gasteiger partial charge in [0.1, 0.15) is 17.1 Å². The van der Waals surface area contributed by atoms with Gasteiger partial charge in [-0.05, 0) is 36.6 Å². The maximum absolute atomic E-state index is 13.0. The minimum absolute atomic E-state index is 0.134. The highest BCUT2D eigenvalue weighted by molar-refractivity contribution is 5.99. The van der Waals surface area contributed by atoms with Crippen LogP contribution in [-0.4, -0.2) is 49.4 Å². The van der Waals surface area contributed by atoms with E-state index in [1.165, 1.54) is 31.9 Å². The molecular weight excluding hydrogens is 453 g/mol. The third kappa shape index (κ3) is 6.33. The smallest absolute Gasteiger partial charge is 0.416 e. The van der Waals surface area contributed by atoms with Gasteiger partial charge in [-0.3, -0.25) is 4.79 Å². The molecule has 184 valence electrons. The summed E-state index contributed by atoms with van der Waals surface area (Å²) < 4.78 is 55.8. The van der Waals surface area contributed by atoms with Crippen molar-refractivity contribution in [2.24, 2.45) is 0 Å². The molecule has 2 aromatic carbocycles. The fraction of sp³-hybridized carbons (Fsp3) is 0.417. The van der Waals surface area contributed by atoms with Gasteiger partial charge >= 0.3 is 12.3 Å². The molecule has 0 saturated carbocycles. The Balaban J connectivity index is 1.79. The molecule has 0 unspecified atom stereocenters. The van der Waals surface area contributed by atoms with E-state index in [4.69, 9.17) is 14.2 Å². The third-order valence-electron chi connectivity index (χ3n) is 5.20. The molecule has 3 rings (SSSR count). The number of amides is 2. The Morgan fingerprint density at radius 1 is 1.12 bits per heavy atom. The third-order valence-corrected chi connectivity index (χ3v) is 5.20. The van der Waals surface area contributed by atoms with Crippen molar-refractivity contribution < 1.29 is 37.0 Å². The number of alkyl halides is 3. The van der Waals surface area contributed by atoms with Crippen LogP contribution in [0.2, 0.25) is 0 Å². The fourth-order valence-corrected chi connectivity index (χ4v) is 3.57. The average molecular weight is 480 g/mol. The molecule has 1 aliphatic rings. The quantitative estimate of drug-likeness (QED) is 0.690. The highest BCUT2D eigenvalue weighted by Gasteiger charge is 2.32. The molecule has 2 aromatic rings. The number of hydrogen-bond acceptors (Lipinski definition) is 5. The first kappa shape index (κ1) is 25.2. The van der Waals surface area contributed by atoms with E-state index in [-0.39, 0.29) is 37.4 Å². The van der Waals surface area contributed by atoms with Crippen molar-refractivity contribution in [1.82, 2.24) is 10.2 Å². The Labute approximate surface area is 195 Å². The summed E-state index contributed by atoms with van der Waals surface area (Å²) in [6.45, 7) is 3.68. The zero-order chi connectivity index (χ0) is 24.9. The van der Waals surface area contributed by atoms with E-state index in [1.807, 2.05) is 0 Å². The number of ether oxygens (including phenoxy) is 3. The van der Waals surface area contributed by atoms with Crippen molar-refractivity contribution in [3.8, 4) is 11.5 Å². The number of nitrogens with zero attached hydrogens (tertiary/aromatic N) is 1. The number of methoxy groups -OCH3 is 1. The van der Waals surface area contributed by atoms with Gasteiger partial charge in [0.15, 0.2) is 0 Å². The lowest BCUT2D eigenvalue weighted by Crippen LogP contribution is -2.44. The molecule has 0 bridgehead atoms. The van der Waals surface area contributed by atoms with Gasteiger partial charge in [0.05, 0.1) is 12.7 Å². The minimum atomic E-state index is -4.44. The molecule has 1 aliphatic heterocycles. The predicted octanol–water partition coefficient (Wildman–Crippen LogP) is 4.64. The first-order valence-electron chi connectivity index (χ1n) is 10.8. The minimum Gasteiger partial charge on any atom is -0.496 e. The molecule has 2 amide bonds. The molecular formula is C24H27F3N2O5. The Hall–Kier alpha value is -3.43. The van der Waals surface area contributed by atoms with Gasteiger partial charge in [-0.25, -0.2) is 4.79 Å². The van der Waals surface area contributed by atoms with Gasteiger partial charge in [0.25, 0.3) is 11.7 Å². The van der Waals surface area contributed by atoms with Gasteiger partial charge in [-0.2, -0.15) is 13.2 Å². The summed E-state index contributed by atoms with van der Waals surface area (Å²) >= 11 is 0. The molecule has 1 heterocycles. The first-order chi connectivity index (χ1) is 16.0. The second-order valence-corrected chi connectivity index (χ2v) is 8.25. The molecule has 0 aliphatic carbocycles. The van der Waals surface area contributed by atoms with Crippen molar-refractivity contribution in [2.45, 2.75) is 38.7 Å². The summed E-state index contributed by atoms with van der Waals surface area (Å²) in [5.74, 6) is -1.33. The number of nitrogens with one attached hydrogen (secondary N) is 1. The molecule has 0 saturated heterocycles. The van der Waals surface area contributed by atoms with Crippen molar-refractivity contribution in [3.05, 3.63) is 59.2 Å². The summed E-state index contributed by atoms with van der Waals surface area (Å²) in [4.78, 5) is 27.1. The SMILES string of the molecule is COc1cccc2c1C(=O)NCCCN(CCc1cccc(C(F)(F)F)c1)C(=O)OC(C)(C)O2. The van der Waals surface area contributed by atoms with Crippen molar-refractivity contribution >= 4 is 12.0 Å². The van der Waals surface area contributed by atoms with Crippen LogP contribution < -0.4 is 14.8 Å². The van der Waals surface area contributed by atoms with E-state index < -0.39 is 29.5 Å². The number of benzene rings is 2. The highest BCUT2D eigenvalue weighted by Crippen LogP contribution is 2.32. The Bertz CT molecular complexity index is 1040. The van der Waals surface area contributed by atoms with E-state index in [1.54, 1.807) is 24.3 Å². The van der Waals surface area contributed by atoms with Gasteiger partial charge in [-0.15, -0.1) is 0 Å². The lowest BCUT2D eigenvalue weighted by molar-refractivity contribution is -0.137. The van der Waals surface area contributed by atoms with Crippen LogP contribution in [0, 0.1) is 0 Å². The summed E-state index contributed by atoms with van der Waals surface area (Å²) in [6, 6.07) is 9.84. The van der Waals surface area contributed by atoms with E-state index in [9.17, 15) is 22.8 Å². The molecule has 0 spiro atoms. The molecule has 10 heteroatoms. The Morgan fingerprint density at radius 2 is 1.85 bits per heavy atom. The Morgan fingerprint density at radius 3 is 2.56 bits per heavy atom. The Kier molecular flexibility index (Phi) is 7.58. The van der Waals surface area contributed by atoms with Crippen molar-refractivity contribution in [2.75, 3.05) is 26.7 Å². The van der Waals surface area contributed by atoms with Gasteiger partial charge in [0.2, 0.25) is 0 Å². The topological polar surface area (TPSA) is 77.1 Å². The second kappa shape index (κ2) is 10.2. The number of fused-ring (bicyclic) bond motifs is 1. The van der Waals surface area contributed by atoms with Crippen LogP contribution in [0.4, 0.5) is 18.0 Å². The summed E-state index contributed by atoms with van der Waals surface area (Å²) in [7, 11) is 1.44. The normalized spacial score (nSPS) is 16.8. The van der Waals surface area contributed by atoms with Crippen LogP contribution in [0.3, 0.4) is 0 Å². The van der Waals surface area contributed by atoms with Gasteiger partial charge < -0.3 is 24.4 Å². The van der Waals surface area contributed by atoms with E-state index in [0.717, 1.165) is 12.1 Å². The number of halogens is 3. The largest absolute Gasteiger partial charge is 0.496 e. The maximum atomic E-state index is 13.0. The number of carbonyl (C=O) groups is 2. The molecule has 0 atom stereocenters. The lowest BCUT2D eigenvalue weighted by Gasteiger charge is -2.31. The van der Waals surface area contributed by atoms with Crippen LogP contribution in [0.25, 0.3) is 0 Å². The van der Waals surface area contributed by atoms with Crippen LogP contribution in [0.15, 0.2) is 42.5 Å². The fourth-order valence-electron chi connectivity index (χ4n) is 3.57. The monoisotopic (exact) mass is 480 g/mol. The summed E-state index contributed by atoms with van der Waals surface area (Å²) in [5, 5.41) is 2.79. The van der Waals surface area contributed by atoms with Crippen molar-refractivity contribution in [1.29, 1.82) is 0 Å². The number of carbonyl (C=O) groups excluding carboxylic acids is 2. The molecule has 0 radical (unpaired) electrons. The van der Waals surface area contributed by atoms with Gasteiger partial charge in [0, 0.05) is 33.5 Å². The van der Waals surface area contributed by atoms with Crippen LogP contribution >= 0.6 is 0 Å². The van der Waals surface area contributed by atoms with E-state index in [0.29, 0.717) is 17.7 Å². The predicted molar refractivity (Wildman–Crippen MR) is 118 cm³/mol. The maximum Gasteiger partial charge on any atom is 0.416 e. The molecule has 7 nitrogen and oxygen atoms in total. The highest BCUT2D eigenvalue weighted by atomic mass is 19.4. The molecule has 0 aromatic heterocycles.